The van der Waals surface area contributed by atoms with E-state index in [2.05, 4.69) is 11.3 Å². The molecule has 0 heterocycles. The third-order valence-electron chi connectivity index (χ3n) is 0.300. The van der Waals surface area contributed by atoms with Gasteiger partial charge in [0.2, 0.25) is 0 Å². The van der Waals surface area contributed by atoms with E-state index in [4.69, 9.17) is 15.8 Å². The molecule has 0 N–H and O–H groups in total. The van der Waals surface area contributed by atoms with Crippen LogP contribution in [-0.4, -0.2) is 13.7 Å². The minimum atomic E-state index is 0.194. The van der Waals surface area contributed by atoms with E-state index < -0.39 is 0 Å². The number of nitrogens with zero attached hydrogens (tertiary/aromatic N) is 3. The van der Waals surface area contributed by atoms with Crippen LogP contribution in [0.1, 0.15) is 6.92 Å². The molecule has 0 saturated carbocycles. The summed E-state index contributed by atoms with van der Waals surface area (Å²) >= 11 is 0. The fraction of sp³-hybridized carbons (Fsp3) is 0.375. The Labute approximate surface area is 72.9 Å². The van der Waals surface area contributed by atoms with Crippen LogP contribution >= 0.6 is 0 Å². The summed E-state index contributed by atoms with van der Waals surface area (Å²) in [6.45, 7) is 4.74. The Hall–Kier alpha value is -1.83. The van der Waals surface area contributed by atoms with Crippen LogP contribution in [0.25, 0.3) is 0 Å². The Morgan fingerprint density at radius 1 is 1.42 bits per heavy atom. The van der Waals surface area contributed by atoms with Gasteiger partial charge in [-0.25, -0.2) is 0 Å². The van der Waals surface area contributed by atoms with Crippen molar-refractivity contribution in [2.24, 2.45) is 0 Å². The number of hydrogen-bond donors (Lipinski definition) is 0. The molecule has 0 aromatic heterocycles. The lowest BCUT2D eigenvalue weighted by molar-refractivity contribution is 0.238. The molecular formula is C8H11N3O. The maximum Gasteiger partial charge on any atom is 0.133 e. The lowest BCUT2D eigenvalue weighted by Crippen LogP contribution is -1.77. The molecule has 0 amide bonds. The summed E-state index contributed by atoms with van der Waals surface area (Å²) in [5.41, 5.74) is 0. The quantitative estimate of drug-likeness (QED) is 0.549. The monoisotopic (exact) mass is 165 g/mol. The summed E-state index contributed by atoms with van der Waals surface area (Å²) in [6.07, 6.45) is 1.18. The largest absolute Gasteiger partial charge is 0.370 e. The van der Waals surface area contributed by atoms with Crippen LogP contribution in [0, 0.1) is 34.0 Å². The van der Waals surface area contributed by atoms with E-state index in [1.165, 1.54) is 20.1 Å². The van der Waals surface area contributed by atoms with Crippen molar-refractivity contribution in [2.75, 3.05) is 13.7 Å². The van der Waals surface area contributed by atoms with Gasteiger partial charge in [0.15, 0.2) is 0 Å². The highest BCUT2D eigenvalue weighted by Gasteiger charge is 1.62. The number of nitriles is 3. The van der Waals surface area contributed by atoms with Crippen LogP contribution in [0.4, 0.5) is 0 Å². The van der Waals surface area contributed by atoms with Gasteiger partial charge in [0.25, 0.3) is 0 Å². The van der Waals surface area contributed by atoms with Gasteiger partial charge in [0.05, 0.1) is 18.2 Å². The standard InChI is InChI=1S/C3H5NO.C3H3N.C2H3N/c1-5-3-2-4;1-2-3-4;1-2-3/h3H2,1H3;2H,1H2;1H3. The van der Waals surface area contributed by atoms with Crippen molar-refractivity contribution in [3.05, 3.63) is 12.7 Å². The van der Waals surface area contributed by atoms with Crippen LogP contribution in [-0.2, 0) is 4.74 Å². The Kier molecular flexibility index (Phi) is 48.8. The predicted octanol–water partition coefficient (Wildman–Crippen LogP) is 1.38. The van der Waals surface area contributed by atoms with E-state index in [0.29, 0.717) is 0 Å². The topological polar surface area (TPSA) is 80.6 Å². The Morgan fingerprint density at radius 2 is 1.75 bits per heavy atom. The normalized spacial score (nSPS) is 4.58. The zero-order chi connectivity index (χ0) is 10.2. The molecule has 0 aliphatic carbocycles. The Bertz CT molecular complexity index is 192. The van der Waals surface area contributed by atoms with Gasteiger partial charge in [0.1, 0.15) is 6.61 Å². The summed E-state index contributed by atoms with van der Waals surface area (Å²) in [6, 6.07) is 5.24. The summed E-state index contributed by atoms with van der Waals surface area (Å²) in [7, 11) is 1.49. The molecule has 0 aromatic carbocycles. The first-order valence-corrected chi connectivity index (χ1v) is 2.92. The first kappa shape index (κ1) is 16.6. The second kappa shape index (κ2) is 35.2. The molecule has 64 valence electrons. The molecule has 0 fully saturated rings. The average Bonchev–Trinajstić information content (AvgIpc) is 2.08. The molecular weight excluding hydrogens is 154 g/mol. The van der Waals surface area contributed by atoms with Gasteiger partial charge < -0.3 is 4.74 Å². The lowest BCUT2D eigenvalue weighted by Gasteiger charge is -1.74. The molecule has 0 bridgehead atoms. The van der Waals surface area contributed by atoms with Gasteiger partial charge in [-0.15, -0.1) is 0 Å². The van der Waals surface area contributed by atoms with Crippen molar-refractivity contribution in [3.8, 4) is 18.2 Å². The maximum atomic E-state index is 7.69. The van der Waals surface area contributed by atoms with Gasteiger partial charge in [-0.1, -0.05) is 6.58 Å². The van der Waals surface area contributed by atoms with E-state index in [0.717, 1.165) is 0 Å². The van der Waals surface area contributed by atoms with E-state index in [1.54, 1.807) is 18.2 Å². The Morgan fingerprint density at radius 3 is 1.75 bits per heavy atom. The van der Waals surface area contributed by atoms with E-state index in [9.17, 15) is 0 Å². The van der Waals surface area contributed by atoms with Gasteiger partial charge in [0, 0.05) is 20.1 Å². The summed E-state index contributed by atoms with van der Waals surface area (Å²) in [4.78, 5) is 0. The molecule has 4 heteroatoms. The van der Waals surface area contributed by atoms with Crippen LogP contribution in [0.5, 0.6) is 0 Å². The third kappa shape index (κ3) is 307. The summed E-state index contributed by atoms with van der Waals surface area (Å²) < 4.78 is 4.33. The fourth-order valence-corrected chi connectivity index (χ4v) is 0.0645. The average molecular weight is 165 g/mol. The van der Waals surface area contributed by atoms with E-state index in [1.807, 2.05) is 0 Å². The van der Waals surface area contributed by atoms with Crippen molar-refractivity contribution >= 4 is 0 Å². The highest BCUT2D eigenvalue weighted by molar-refractivity contribution is 4.93. The SMILES string of the molecule is C=CC#N.CC#N.COCC#N. The van der Waals surface area contributed by atoms with Crippen molar-refractivity contribution in [3.63, 3.8) is 0 Å². The van der Waals surface area contributed by atoms with Gasteiger partial charge >= 0.3 is 0 Å². The number of ether oxygens (including phenoxy) is 1. The van der Waals surface area contributed by atoms with Gasteiger partial charge in [-0.05, 0) is 0 Å². The minimum absolute atomic E-state index is 0.194. The zero-order valence-corrected chi connectivity index (χ0v) is 7.24. The fourth-order valence-electron chi connectivity index (χ4n) is 0.0645. The molecule has 0 aromatic rings. The molecule has 0 aliphatic heterocycles. The van der Waals surface area contributed by atoms with Crippen LogP contribution in [0.3, 0.4) is 0 Å². The smallest absolute Gasteiger partial charge is 0.133 e. The second-order valence-corrected chi connectivity index (χ2v) is 1.15. The number of rotatable bonds is 1. The van der Waals surface area contributed by atoms with Crippen molar-refractivity contribution in [1.82, 2.24) is 0 Å². The van der Waals surface area contributed by atoms with Gasteiger partial charge in [-0.3, -0.25) is 0 Å². The van der Waals surface area contributed by atoms with Crippen molar-refractivity contribution in [2.45, 2.75) is 6.92 Å². The zero-order valence-electron chi connectivity index (χ0n) is 7.24. The second-order valence-electron chi connectivity index (χ2n) is 1.15. The lowest BCUT2D eigenvalue weighted by atomic mass is 10.8. The highest BCUT2D eigenvalue weighted by atomic mass is 16.5. The molecule has 0 radical (unpaired) electrons. The predicted molar refractivity (Wildman–Crippen MR) is 44.6 cm³/mol. The van der Waals surface area contributed by atoms with Gasteiger partial charge in [-0.2, -0.15) is 15.8 Å². The van der Waals surface area contributed by atoms with E-state index in [-0.39, 0.29) is 6.61 Å². The summed E-state index contributed by atoms with van der Waals surface area (Å²) in [5, 5.41) is 22.5. The highest BCUT2D eigenvalue weighted by Crippen LogP contribution is 1.54. The maximum absolute atomic E-state index is 7.69. The first-order chi connectivity index (χ1) is 5.74. The molecule has 0 saturated heterocycles. The molecule has 0 aliphatic rings. The molecule has 0 unspecified atom stereocenters. The summed E-state index contributed by atoms with van der Waals surface area (Å²) in [5.74, 6) is 0. The third-order valence-corrected chi connectivity index (χ3v) is 0.300. The molecule has 0 rings (SSSR count). The van der Waals surface area contributed by atoms with Crippen molar-refractivity contribution in [1.29, 1.82) is 15.8 Å². The van der Waals surface area contributed by atoms with Crippen LogP contribution < -0.4 is 0 Å². The van der Waals surface area contributed by atoms with Crippen molar-refractivity contribution < 1.29 is 4.74 Å². The van der Waals surface area contributed by atoms with E-state index >= 15 is 0 Å². The number of methoxy groups -OCH3 is 1. The molecule has 12 heavy (non-hydrogen) atoms. The number of hydrogen-bond acceptors (Lipinski definition) is 4. The van der Waals surface area contributed by atoms with Crippen LogP contribution in [0.2, 0.25) is 0 Å². The molecule has 4 nitrogen and oxygen atoms in total. The first-order valence-electron chi connectivity index (χ1n) is 2.92. The van der Waals surface area contributed by atoms with Crippen LogP contribution in [0.15, 0.2) is 12.7 Å². The Balaban J connectivity index is -0.000000105. The minimum Gasteiger partial charge on any atom is -0.370 e. The number of allylic oxidation sites excluding steroid dienone is 1. The molecule has 0 atom stereocenters. The molecule has 0 spiro atoms.